The third-order valence-corrected chi connectivity index (χ3v) is 2.48. The Morgan fingerprint density at radius 2 is 2.36 bits per heavy atom. The molecule has 0 aliphatic rings. The first-order chi connectivity index (χ1) is 5.42. The van der Waals surface area contributed by atoms with Crippen molar-refractivity contribution in [3.8, 4) is 0 Å². The van der Waals surface area contributed by atoms with Crippen LogP contribution in [0.2, 0.25) is 0 Å². The highest BCUT2D eigenvalue weighted by atomic mass is 32.1. The number of aromatic nitrogens is 1. The van der Waals surface area contributed by atoms with Gasteiger partial charge >= 0.3 is 0 Å². The van der Waals surface area contributed by atoms with Crippen LogP contribution in [0.3, 0.4) is 0 Å². The molecule has 0 atom stereocenters. The van der Waals surface area contributed by atoms with Gasteiger partial charge in [-0.1, -0.05) is 0 Å². The smallest absolute Gasteiger partial charge is 0.125 e. The number of thiophene rings is 1. The summed E-state index contributed by atoms with van der Waals surface area (Å²) in [6.07, 6.45) is 1.69. The van der Waals surface area contributed by atoms with E-state index in [1.54, 1.807) is 17.5 Å². The lowest BCUT2D eigenvalue weighted by Gasteiger charge is -1.93. The molecule has 2 aromatic heterocycles. The average Bonchev–Trinajstić information content (AvgIpc) is 2.50. The molecule has 0 aliphatic heterocycles. The van der Waals surface area contributed by atoms with Crippen LogP contribution >= 0.6 is 11.3 Å². The lowest BCUT2D eigenvalue weighted by atomic mass is 10.2. The largest absolute Gasteiger partial charge is 0.258 e. The molecule has 0 aromatic carbocycles. The summed E-state index contributed by atoms with van der Waals surface area (Å²) in [4.78, 5) is 3.99. The van der Waals surface area contributed by atoms with E-state index in [4.69, 9.17) is 0 Å². The summed E-state index contributed by atoms with van der Waals surface area (Å²) in [7, 11) is 0. The van der Waals surface area contributed by atoms with Crippen molar-refractivity contribution in [2.24, 2.45) is 0 Å². The van der Waals surface area contributed by atoms with Gasteiger partial charge in [-0.3, -0.25) is 4.98 Å². The maximum Gasteiger partial charge on any atom is 0.125 e. The van der Waals surface area contributed by atoms with Gasteiger partial charge in [0.15, 0.2) is 0 Å². The summed E-state index contributed by atoms with van der Waals surface area (Å²) in [5, 5.41) is 13.6. The molecule has 0 N–H and O–H groups in total. The van der Waals surface area contributed by atoms with Crippen LogP contribution in [0, 0.1) is 0 Å². The minimum atomic E-state index is -0.228. The van der Waals surface area contributed by atoms with E-state index in [-0.39, 0.29) is 6.61 Å². The van der Waals surface area contributed by atoms with Crippen LogP contribution in [0.5, 0.6) is 0 Å². The maximum absolute atomic E-state index is 10.6. The Balaban J connectivity index is 2.79. The number of rotatable bonds is 1. The van der Waals surface area contributed by atoms with Crippen LogP contribution in [0.15, 0.2) is 23.7 Å². The predicted molar refractivity (Wildman–Crippen MR) is 44.0 cm³/mol. The molecular formula is C8H6NOS. The lowest BCUT2D eigenvalue weighted by Crippen LogP contribution is -1.85. The first-order valence-electron chi connectivity index (χ1n) is 3.31. The van der Waals surface area contributed by atoms with Crippen molar-refractivity contribution in [1.29, 1.82) is 0 Å². The van der Waals surface area contributed by atoms with Gasteiger partial charge < -0.3 is 0 Å². The predicted octanol–water partition coefficient (Wildman–Crippen LogP) is 2.23. The molecule has 1 radical (unpaired) electrons. The van der Waals surface area contributed by atoms with Gasteiger partial charge in [0.05, 0.1) is 5.69 Å². The number of nitrogens with zero attached hydrogens (tertiary/aromatic N) is 1. The van der Waals surface area contributed by atoms with Gasteiger partial charge in [-0.2, -0.15) is 0 Å². The Bertz CT molecular complexity index is 369. The zero-order valence-corrected chi connectivity index (χ0v) is 6.60. The Labute approximate surface area is 68.1 Å². The highest BCUT2D eigenvalue weighted by Crippen LogP contribution is 2.22. The van der Waals surface area contributed by atoms with Crippen molar-refractivity contribution in [2.45, 2.75) is 6.61 Å². The summed E-state index contributed by atoms with van der Waals surface area (Å²) >= 11 is 1.64. The van der Waals surface area contributed by atoms with Gasteiger partial charge in [0.25, 0.3) is 0 Å². The molecule has 0 saturated carbocycles. The van der Waals surface area contributed by atoms with E-state index in [1.807, 2.05) is 17.5 Å². The Morgan fingerprint density at radius 1 is 1.45 bits per heavy atom. The molecule has 0 unspecified atom stereocenters. The fourth-order valence-electron chi connectivity index (χ4n) is 1.07. The van der Waals surface area contributed by atoms with Crippen LogP contribution in [0.25, 0.3) is 10.1 Å². The van der Waals surface area contributed by atoms with Crippen LogP contribution in [-0.2, 0) is 11.7 Å². The van der Waals surface area contributed by atoms with Crippen molar-refractivity contribution in [2.75, 3.05) is 0 Å². The van der Waals surface area contributed by atoms with E-state index in [0.717, 1.165) is 10.1 Å². The van der Waals surface area contributed by atoms with Crippen LogP contribution in [-0.4, -0.2) is 4.98 Å². The molecule has 0 amide bonds. The van der Waals surface area contributed by atoms with E-state index in [1.165, 1.54) is 0 Å². The second-order valence-corrected chi connectivity index (χ2v) is 3.18. The molecule has 0 spiro atoms. The lowest BCUT2D eigenvalue weighted by molar-refractivity contribution is 0.175. The zero-order chi connectivity index (χ0) is 7.68. The number of pyridine rings is 1. The fraction of sp³-hybridized carbons (Fsp3) is 0.125. The van der Waals surface area contributed by atoms with Crippen molar-refractivity contribution in [3.05, 3.63) is 29.4 Å². The van der Waals surface area contributed by atoms with Crippen molar-refractivity contribution in [1.82, 2.24) is 4.98 Å². The molecule has 0 fully saturated rings. The molecule has 2 heterocycles. The van der Waals surface area contributed by atoms with Gasteiger partial charge in [-0.25, -0.2) is 5.11 Å². The third-order valence-electron chi connectivity index (χ3n) is 1.60. The van der Waals surface area contributed by atoms with E-state index >= 15 is 0 Å². The van der Waals surface area contributed by atoms with Crippen molar-refractivity contribution < 1.29 is 5.11 Å². The summed E-state index contributed by atoms with van der Waals surface area (Å²) in [6.45, 7) is -0.228. The Hall–Kier alpha value is -0.930. The number of hydrogen-bond donors (Lipinski definition) is 0. The Morgan fingerprint density at radius 3 is 3.18 bits per heavy atom. The quantitative estimate of drug-likeness (QED) is 0.636. The fourth-order valence-corrected chi connectivity index (χ4v) is 1.87. The van der Waals surface area contributed by atoms with Gasteiger partial charge in [0.1, 0.15) is 6.61 Å². The van der Waals surface area contributed by atoms with E-state index in [0.29, 0.717) is 5.69 Å². The highest BCUT2D eigenvalue weighted by Gasteiger charge is 2.00. The molecule has 0 bridgehead atoms. The zero-order valence-electron chi connectivity index (χ0n) is 5.78. The molecular weight excluding hydrogens is 158 g/mol. The molecule has 2 nitrogen and oxygen atoms in total. The molecule has 55 valence electrons. The monoisotopic (exact) mass is 164 g/mol. The number of hydrogen-bond acceptors (Lipinski definition) is 2. The van der Waals surface area contributed by atoms with E-state index in [2.05, 4.69) is 4.98 Å². The standard InChI is InChI=1S/C8H6NOS/c10-5-7-6-2-4-11-8(6)1-3-9-7/h1-4H,5H2. The molecule has 2 aromatic rings. The second-order valence-electron chi connectivity index (χ2n) is 2.23. The van der Waals surface area contributed by atoms with Gasteiger partial charge in [-0.15, -0.1) is 11.3 Å². The normalized spacial score (nSPS) is 10.6. The van der Waals surface area contributed by atoms with E-state index < -0.39 is 0 Å². The Kier molecular flexibility index (Phi) is 1.60. The summed E-state index contributed by atoms with van der Waals surface area (Å²) in [6, 6.07) is 3.87. The first kappa shape index (κ1) is 6.76. The van der Waals surface area contributed by atoms with Gasteiger partial charge in [0.2, 0.25) is 0 Å². The average molecular weight is 164 g/mol. The van der Waals surface area contributed by atoms with Gasteiger partial charge in [0, 0.05) is 16.3 Å². The molecule has 2 rings (SSSR count). The number of fused-ring (bicyclic) bond motifs is 1. The molecule has 11 heavy (non-hydrogen) atoms. The minimum absolute atomic E-state index is 0.228. The van der Waals surface area contributed by atoms with Crippen molar-refractivity contribution >= 4 is 21.4 Å². The third kappa shape index (κ3) is 1.02. The summed E-state index contributed by atoms with van der Waals surface area (Å²) < 4.78 is 1.14. The summed E-state index contributed by atoms with van der Waals surface area (Å²) in [5.74, 6) is 0. The SMILES string of the molecule is [O]Cc1nccc2sccc12. The maximum atomic E-state index is 10.6. The van der Waals surface area contributed by atoms with E-state index in [9.17, 15) is 5.11 Å². The summed E-state index contributed by atoms with van der Waals surface area (Å²) in [5.41, 5.74) is 0.656. The molecule has 0 aliphatic carbocycles. The first-order valence-corrected chi connectivity index (χ1v) is 4.19. The van der Waals surface area contributed by atoms with Crippen molar-refractivity contribution in [3.63, 3.8) is 0 Å². The second kappa shape index (κ2) is 2.60. The highest BCUT2D eigenvalue weighted by molar-refractivity contribution is 7.17. The molecule has 0 saturated heterocycles. The van der Waals surface area contributed by atoms with Crippen LogP contribution < -0.4 is 0 Å². The van der Waals surface area contributed by atoms with Gasteiger partial charge in [-0.05, 0) is 17.5 Å². The topological polar surface area (TPSA) is 32.8 Å². The van der Waals surface area contributed by atoms with Crippen LogP contribution in [0.1, 0.15) is 5.69 Å². The minimum Gasteiger partial charge on any atom is -0.258 e. The molecule has 3 heteroatoms. The van der Waals surface area contributed by atoms with Crippen LogP contribution in [0.4, 0.5) is 0 Å².